The van der Waals surface area contributed by atoms with Crippen LogP contribution in [-0.4, -0.2) is 110 Å². The maximum absolute atomic E-state index is 14.3. The number of nitrogens with zero attached hydrogens (tertiary/aromatic N) is 3. The maximum Gasteiger partial charge on any atom is 0.407 e. The van der Waals surface area contributed by atoms with Gasteiger partial charge in [-0.2, -0.15) is 4.31 Å². The maximum atomic E-state index is 14.3. The number of ether oxygens (including phenoxy) is 3. The molecule has 1 aliphatic carbocycles. The highest BCUT2D eigenvalue weighted by atomic mass is 32.2. The quantitative estimate of drug-likeness (QED) is 0.178. The van der Waals surface area contributed by atoms with Gasteiger partial charge in [-0.15, -0.1) is 0 Å². The molecule has 1 saturated carbocycles. The Balaban J connectivity index is 1.19. The van der Waals surface area contributed by atoms with Gasteiger partial charge < -0.3 is 30.0 Å². The van der Waals surface area contributed by atoms with Crippen LogP contribution in [0.1, 0.15) is 57.9 Å². The number of sulfonamides is 1. The minimum atomic E-state index is -4.25. The van der Waals surface area contributed by atoms with E-state index < -0.39 is 45.6 Å². The first-order valence-corrected chi connectivity index (χ1v) is 19.6. The van der Waals surface area contributed by atoms with Crippen LogP contribution in [-0.2, 0) is 30.7 Å². The summed E-state index contributed by atoms with van der Waals surface area (Å²) < 4.78 is 46.7. The van der Waals surface area contributed by atoms with Crippen LogP contribution in [0.2, 0.25) is 0 Å². The molecule has 0 spiro atoms. The van der Waals surface area contributed by atoms with Crippen LogP contribution in [0.4, 0.5) is 16.2 Å². The van der Waals surface area contributed by atoms with Crippen LogP contribution in [0.25, 0.3) is 0 Å². The van der Waals surface area contributed by atoms with E-state index in [-0.39, 0.29) is 60.3 Å². The van der Waals surface area contributed by atoms with Crippen molar-refractivity contribution in [3.05, 3.63) is 64.2 Å². The van der Waals surface area contributed by atoms with Gasteiger partial charge in [0.15, 0.2) is 6.29 Å². The lowest BCUT2D eigenvalue weighted by molar-refractivity contribution is -0.384. The Labute approximate surface area is 300 Å². The van der Waals surface area contributed by atoms with Gasteiger partial charge in [-0.25, -0.2) is 13.2 Å². The summed E-state index contributed by atoms with van der Waals surface area (Å²) in [5.41, 5.74) is 0.789. The standard InChI is InChI=1S/C36H51N5O9S/c1-24(2)20-40(22-33(42)31(18-25-8-4-3-5-9-25)38-36(43)50-34-23-49-35-29(34)15-17-48-35)51(46,47)28-12-13-32(41(44)45)30(19-28)37-26-14-16-39(21-26)27-10-6-7-11-27/h3-5,8-9,12-13,19,24,26-27,29,31,33-35,37,42H,6-7,10-11,14-18,20-23H2,1-2H3,(H,38,43). The number of aliphatic hydroxyl groups excluding tert-OH is 1. The fraction of sp³-hybridized carbons (Fsp3) is 0.639. The van der Waals surface area contributed by atoms with E-state index in [0.29, 0.717) is 19.1 Å². The molecule has 280 valence electrons. The van der Waals surface area contributed by atoms with Gasteiger partial charge in [0.2, 0.25) is 10.0 Å². The highest BCUT2D eigenvalue weighted by Crippen LogP contribution is 2.34. The van der Waals surface area contributed by atoms with Crippen molar-refractivity contribution in [1.29, 1.82) is 0 Å². The van der Waals surface area contributed by atoms with Crippen molar-refractivity contribution in [2.45, 2.75) is 100 Å². The Hall–Kier alpha value is -3.34. The van der Waals surface area contributed by atoms with Crippen LogP contribution < -0.4 is 10.6 Å². The molecule has 15 heteroatoms. The molecule has 14 nitrogen and oxygen atoms in total. The number of alkyl carbamates (subject to hydrolysis) is 1. The Kier molecular flexibility index (Phi) is 12.1. The monoisotopic (exact) mass is 729 g/mol. The lowest BCUT2D eigenvalue weighted by Crippen LogP contribution is -2.51. The van der Waals surface area contributed by atoms with Crippen LogP contribution >= 0.6 is 0 Å². The van der Waals surface area contributed by atoms with E-state index >= 15 is 0 Å². The molecular formula is C36H51N5O9S. The van der Waals surface area contributed by atoms with Gasteiger partial charge in [-0.05, 0) is 55.7 Å². The normalized spacial score (nSPS) is 25.3. The number of nitro benzene ring substituents is 1. The molecule has 0 radical (unpaired) electrons. The molecule has 51 heavy (non-hydrogen) atoms. The summed E-state index contributed by atoms with van der Waals surface area (Å²) in [7, 11) is -4.25. The second-order valence-corrected chi connectivity index (χ2v) is 16.6. The van der Waals surface area contributed by atoms with Crippen molar-refractivity contribution in [3.8, 4) is 0 Å². The van der Waals surface area contributed by atoms with Crippen molar-refractivity contribution in [2.75, 3.05) is 44.7 Å². The Morgan fingerprint density at radius 3 is 2.59 bits per heavy atom. The largest absolute Gasteiger partial charge is 0.443 e. The van der Waals surface area contributed by atoms with E-state index in [1.165, 1.54) is 35.3 Å². The van der Waals surface area contributed by atoms with Gasteiger partial charge in [-0.3, -0.25) is 15.0 Å². The van der Waals surface area contributed by atoms with Crippen molar-refractivity contribution in [2.24, 2.45) is 11.8 Å². The lowest BCUT2D eigenvalue weighted by Gasteiger charge is -2.31. The van der Waals surface area contributed by atoms with Gasteiger partial charge in [0.1, 0.15) is 11.8 Å². The molecule has 2 aromatic carbocycles. The minimum absolute atomic E-state index is 0.0525. The van der Waals surface area contributed by atoms with E-state index in [4.69, 9.17) is 14.2 Å². The Bertz CT molecular complexity index is 1610. The number of benzene rings is 2. The Morgan fingerprint density at radius 2 is 1.86 bits per heavy atom. The first-order valence-electron chi connectivity index (χ1n) is 18.2. The van der Waals surface area contributed by atoms with Crippen molar-refractivity contribution in [3.63, 3.8) is 0 Å². The highest BCUT2D eigenvalue weighted by molar-refractivity contribution is 7.89. The van der Waals surface area contributed by atoms with Gasteiger partial charge >= 0.3 is 6.09 Å². The summed E-state index contributed by atoms with van der Waals surface area (Å²) >= 11 is 0. The van der Waals surface area contributed by atoms with E-state index in [9.17, 15) is 28.4 Å². The number of aliphatic hydroxyl groups is 1. The fourth-order valence-corrected chi connectivity index (χ4v) is 9.51. The number of anilines is 1. The zero-order chi connectivity index (χ0) is 36.1. The first kappa shape index (κ1) is 37.4. The van der Waals surface area contributed by atoms with E-state index in [0.717, 1.165) is 37.9 Å². The molecular weight excluding hydrogens is 678 g/mol. The average Bonchev–Trinajstić information content (AvgIpc) is 3.92. The van der Waals surface area contributed by atoms with E-state index in [2.05, 4.69) is 15.5 Å². The van der Waals surface area contributed by atoms with Gasteiger partial charge in [0.25, 0.3) is 5.69 Å². The number of nitro groups is 1. The molecule has 6 unspecified atom stereocenters. The molecule has 0 bridgehead atoms. The zero-order valence-electron chi connectivity index (χ0n) is 29.4. The van der Waals surface area contributed by atoms with Crippen molar-refractivity contribution in [1.82, 2.24) is 14.5 Å². The number of hydrogen-bond donors (Lipinski definition) is 3. The predicted molar refractivity (Wildman–Crippen MR) is 190 cm³/mol. The highest BCUT2D eigenvalue weighted by Gasteiger charge is 2.44. The SMILES string of the molecule is CC(C)CN(CC(O)C(Cc1ccccc1)NC(=O)OC1COC2OCCC12)S(=O)(=O)c1ccc([N+](=O)[O-])c(NC2CCN(C3CCCC3)C2)c1. The third-order valence-electron chi connectivity index (χ3n) is 10.5. The molecule has 6 rings (SSSR count). The first-order chi connectivity index (χ1) is 24.5. The summed E-state index contributed by atoms with van der Waals surface area (Å²) in [5.74, 6) is -0.182. The second-order valence-electron chi connectivity index (χ2n) is 14.7. The number of nitrogens with one attached hydrogen (secondary N) is 2. The van der Waals surface area contributed by atoms with Crippen molar-refractivity contribution < 1.29 is 37.5 Å². The smallest absolute Gasteiger partial charge is 0.407 e. The number of amides is 1. The predicted octanol–water partition coefficient (Wildman–Crippen LogP) is 4.13. The van der Waals surface area contributed by atoms with Gasteiger partial charge in [-0.1, -0.05) is 57.0 Å². The van der Waals surface area contributed by atoms with Crippen LogP contribution in [0, 0.1) is 22.0 Å². The van der Waals surface area contributed by atoms with Gasteiger partial charge in [0.05, 0.1) is 41.1 Å². The molecule has 4 aliphatic rings. The number of carbonyl (C=O) groups excluding carboxylic acids is 1. The zero-order valence-corrected chi connectivity index (χ0v) is 30.2. The molecule has 0 aromatic heterocycles. The minimum Gasteiger partial charge on any atom is -0.443 e. The van der Waals surface area contributed by atoms with Gasteiger partial charge in [0, 0.05) is 44.3 Å². The summed E-state index contributed by atoms with van der Waals surface area (Å²) in [6, 6.07) is 12.7. The summed E-state index contributed by atoms with van der Waals surface area (Å²) in [5, 5.41) is 29.8. The van der Waals surface area contributed by atoms with Crippen LogP contribution in [0.15, 0.2) is 53.4 Å². The molecule has 3 aliphatic heterocycles. The fourth-order valence-electron chi connectivity index (χ4n) is 7.86. The topological polar surface area (TPSA) is 173 Å². The van der Waals surface area contributed by atoms with Crippen LogP contribution in [0.5, 0.6) is 0 Å². The molecule has 3 N–H and O–H groups in total. The van der Waals surface area contributed by atoms with Crippen LogP contribution in [0.3, 0.4) is 0 Å². The third-order valence-corrected chi connectivity index (χ3v) is 12.3. The second kappa shape index (κ2) is 16.6. The van der Waals surface area contributed by atoms with E-state index in [1.807, 2.05) is 44.2 Å². The molecule has 1 amide bonds. The molecule has 2 aromatic rings. The number of carbonyl (C=O) groups is 1. The average molecular weight is 730 g/mol. The summed E-state index contributed by atoms with van der Waals surface area (Å²) in [4.78, 5) is 27.0. The van der Waals surface area contributed by atoms with E-state index in [1.54, 1.807) is 0 Å². The molecule has 6 atom stereocenters. The number of hydrogen-bond acceptors (Lipinski definition) is 11. The lowest BCUT2D eigenvalue weighted by atomic mass is 10.0. The number of fused-ring (bicyclic) bond motifs is 1. The molecule has 4 fully saturated rings. The summed E-state index contributed by atoms with van der Waals surface area (Å²) in [6.07, 6.45) is 3.51. The van der Waals surface area contributed by atoms with Crippen molar-refractivity contribution >= 4 is 27.5 Å². The summed E-state index contributed by atoms with van der Waals surface area (Å²) in [6.45, 7) is 5.85. The Morgan fingerprint density at radius 1 is 1.10 bits per heavy atom. The number of likely N-dealkylation sites (tertiary alicyclic amines) is 1. The number of rotatable bonds is 15. The molecule has 3 saturated heterocycles. The molecule has 3 heterocycles. The third kappa shape index (κ3) is 9.18.